The van der Waals surface area contributed by atoms with Gasteiger partial charge in [-0.1, -0.05) is 6.07 Å². The molecule has 0 amide bonds. The molecule has 1 saturated heterocycles. The Labute approximate surface area is 201 Å². The molecule has 0 spiro atoms. The molecule has 1 N–H and O–H groups in total. The zero-order valence-corrected chi connectivity index (χ0v) is 20.6. The van der Waals surface area contributed by atoms with E-state index in [1.54, 1.807) is 21.3 Å². The lowest BCUT2D eigenvalue weighted by atomic mass is 9.91. The molecule has 0 bridgehead atoms. The summed E-state index contributed by atoms with van der Waals surface area (Å²) in [7, 11) is 4.77. The third kappa shape index (κ3) is 5.50. The van der Waals surface area contributed by atoms with Crippen molar-refractivity contribution in [3.63, 3.8) is 0 Å². The highest BCUT2D eigenvalue weighted by Gasteiger charge is 2.32. The molecule has 8 nitrogen and oxygen atoms in total. The van der Waals surface area contributed by atoms with Crippen molar-refractivity contribution in [3.05, 3.63) is 41.5 Å². The minimum atomic E-state index is -0.733. The number of carboxylic acids is 1. The number of benzene rings is 2. The van der Waals surface area contributed by atoms with Crippen LogP contribution in [0, 0.1) is 5.92 Å². The number of aliphatic carboxylic acids is 1. The van der Waals surface area contributed by atoms with Gasteiger partial charge < -0.3 is 28.8 Å². The highest BCUT2D eigenvalue weighted by molar-refractivity contribution is 5.70. The third-order valence-corrected chi connectivity index (χ3v) is 6.13. The van der Waals surface area contributed by atoms with E-state index in [0.29, 0.717) is 67.9 Å². The Kier molecular flexibility index (Phi) is 8.87. The largest absolute Gasteiger partial charge is 0.493 e. The highest BCUT2D eigenvalue weighted by Crippen LogP contribution is 2.44. The third-order valence-electron chi connectivity index (χ3n) is 6.13. The normalized spacial score (nSPS) is 15.4. The van der Waals surface area contributed by atoms with Gasteiger partial charge in [0, 0.05) is 0 Å². The molecule has 186 valence electrons. The smallest absolute Gasteiger partial charge is 0.306 e. The van der Waals surface area contributed by atoms with Crippen LogP contribution in [-0.4, -0.2) is 63.6 Å². The molecular formula is C26H35NO7. The summed E-state index contributed by atoms with van der Waals surface area (Å²) in [5.74, 6) is 1.98. The van der Waals surface area contributed by atoms with Crippen molar-refractivity contribution in [1.82, 2.24) is 4.90 Å². The van der Waals surface area contributed by atoms with Crippen LogP contribution < -0.4 is 23.7 Å². The molecular weight excluding hydrogens is 438 g/mol. The summed E-state index contributed by atoms with van der Waals surface area (Å²) < 4.78 is 28.4. The molecule has 0 aromatic heterocycles. The summed E-state index contributed by atoms with van der Waals surface area (Å²) in [6.07, 6.45) is 1.18. The van der Waals surface area contributed by atoms with Gasteiger partial charge in [-0.3, -0.25) is 9.69 Å². The number of hydrogen-bond acceptors (Lipinski definition) is 7. The lowest BCUT2D eigenvalue weighted by Crippen LogP contribution is -2.39. The maximum Gasteiger partial charge on any atom is 0.306 e. The predicted octanol–water partition coefficient (Wildman–Crippen LogP) is 4.40. The maximum absolute atomic E-state index is 11.5. The number of carboxylic acid groups (broad SMARTS) is 1. The minimum absolute atomic E-state index is 0.168. The molecule has 0 radical (unpaired) electrons. The van der Waals surface area contributed by atoms with E-state index in [9.17, 15) is 9.90 Å². The van der Waals surface area contributed by atoms with Crippen LogP contribution in [0.4, 0.5) is 0 Å². The lowest BCUT2D eigenvalue weighted by Gasteiger charge is -2.37. The van der Waals surface area contributed by atoms with Gasteiger partial charge in [-0.05, 0) is 75.2 Å². The fourth-order valence-electron chi connectivity index (χ4n) is 4.52. The van der Waals surface area contributed by atoms with Gasteiger partial charge in [0.15, 0.2) is 23.0 Å². The fraction of sp³-hybridized carbons (Fsp3) is 0.500. The first-order valence-electron chi connectivity index (χ1n) is 11.6. The average Bonchev–Trinajstić information content (AvgIpc) is 2.85. The van der Waals surface area contributed by atoms with Crippen molar-refractivity contribution in [2.75, 3.05) is 47.6 Å². The van der Waals surface area contributed by atoms with Gasteiger partial charge >= 0.3 is 5.97 Å². The fourth-order valence-corrected chi connectivity index (χ4v) is 4.52. The van der Waals surface area contributed by atoms with Crippen LogP contribution in [0.5, 0.6) is 28.7 Å². The molecule has 1 fully saturated rings. The molecule has 2 aromatic carbocycles. The number of hydrogen-bond donors (Lipinski definition) is 1. The second kappa shape index (κ2) is 11.8. The molecule has 8 heteroatoms. The number of methoxy groups -OCH3 is 3. The van der Waals surface area contributed by atoms with Gasteiger partial charge in [0.25, 0.3) is 0 Å². The molecule has 1 aliphatic rings. The Morgan fingerprint density at radius 2 is 1.44 bits per heavy atom. The number of carbonyl (C=O) groups is 1. The highest BCUT2D eigenvalue weighted by atomic mass is 16.5. The first kappa shape index (κ1) is 25.5. The summed E-state index contributed by atoms with van der Waals surface area (Å²) in [5, 5.41) is 9.47. The van der Waals surface area contributed by atoms with E-state index < -0.39 is 5.97 Å². The molecule has 34 heavy (non-hydrogen) atoms. The van der Waals surface area contributed by atoms with Gasteiger partial charge in [-0.15, -0.1) is 0 Å². The summed E-state index contributed by atoms with van der Waals surface area (Å²) in [6, 6.07) is 9.70. The quantitative estimate of drug-likeness (QED) is 0.514. The van der Waals surface area contributed by atoms with Crippen LogP contribution in [0.2, 0.25) is 0 Å². The maximum atomic E-state index is 11.5. The summed E-state index contributed by atoms with van der Waals surface area (Å²) in [6.45, 7) is 6.23. The SMILES string of the molecule is CCOc1ccc(C(c2cc(OC)c(OC)c(OC)c2)N2CCC(C(=O)O)CC2)cc1OCC. The van der Waals surface area contributed by atoms with E-state index in [0.717, 1.165) is 11.1 Å². The molecule has 3 rings (SSSR count). The van der Waals surface area contributed by atoms with Gasteiger partial charge in [-0.25, -0.2) is 0 Å². The molecule has 1 unspecified atom stereocenters. The van der Waals surface area contributed by atoms with E-state index in [2.05, 4.69) is 4.90 Å². The van der Waals surface area contributed by atoms with Crippen molar-refractivity contribution in [2.45, 2.75) is 32.7 Å². The Hall–Kier alpha value is -3.13. The monoisotopic (exact) mass is 473 g/mol. The number of piperidine rings is 1. The summed E-state index contributed by atoms with van der Waals surface area (Å²) in [4.78, 5) is 13.8. The summed E-state index contributed by atoms with van der Waals surface area (Å²) >= 11 is 0. The van der Waals surface area contributed by atoms with Crippen molar-refractivity contribution in [1.29, 1.82) is 0 Å². The Bertz CT molecular complexity index is 945. The second-order valence-electron chi connectivity index (χ2n) is 8.08. The van der Waals surface area contributed by atoms with Crippen molar-refractivity contribution >= 4 is 5.97 Å². The molecule has 1 atom stereocenters. The van der Waals surface area contributed by atoms with Crippen LogP contribution in [0.1, 0.15) is 43.9 Å². The number of nitrogens with zero attached hydrogens (tertiary/aromatic N) is 1. The molecule has 1 heterocycles. The lowest BCUT2D eigenvalue weighted by molar-refractivity contribution is -0.143. The second-order valence-corrected chi connectivity index (χ2v) is 8.08. The molecule has 0 aliphatic carbocycles. The number of ether oxygens (including phenoxy) is 5. The molecule has 2 aromatic rings. The van der Waals surface area contributed by atoms with Crippen LogP contribution in [0.3, 0.4) is 0 Å². The van der Waals surface area contributed by atoms with Crippen LogP contribution in [0.25, 0.3) is 0 Å². The van der Waals surface area contributed by atoms with Gasteiger partial charge in [-0.2, -0.15) is 0 Å². The van der Waals surface area contributed by atoms with E-state index in [4.69, 9.17) is 23.7 Å². The Morgan fingerprint density at radius 1 is 0.882 bits per heavy atom. The van der Waals surface area contributed by atoms with Crippen LogP contribution in [-0.2, 0) is 4.79 Å². The zero-order valence-electron chi connectivity index (χ0n) is 20.6. The zero-order chi connectivity index (χ0) is 24.7. The minimum Gasteiger partial charge on any atom is -0.493 e. The predicted molar refractivity (Wildman–Crippen MR) is 129 cm³/mol. The molecule has 1 aliphatic heterocycles. The Morgan fingerprint density at radius 3 is 1.94 bits per heavy atom. The topological polar surface area (TPSA) is 86.7 Å². The van der Waals surface area contributed by atoms with Crippen molar-refractivity contribution in [2.24, 2.45) is 5.92 Å². The van der Waals surface area contributed by atoms with E-state index in [1.807, 2.05) is 44.2 Å². The van der Waals surface area contributed by atoms with Gasteiger partial charge in [0.2, 0.25) is 5.75 Å². The van der Waals surface area contributed by atoms with Crippen molar-refractivity contribution in [3.8, 4) is 28.7 Å². The van der Waals surface area contributed by atoms with Crippen molar-refractivity contribution < 1.29 is 33.6 Å². The average molecular weight is 474 g/mol. The number of likely N-dealkylation sites (tertiary alicyclic amines) is 1. The first-order chi connectivity index (χ1) is 16.5. The van der Waals surface area contributed by atoms with E-state index >= 15 is 0 Å². The first-order valence-corrected chi connectivity index (χ1v) is 11.6. The van der Waals surface area contributed by atoms with Gasteiger partial charge in [0.05, 0.1) is 46.5 Å². The summed E-state index contributed by atoms with van der Waals surface area (Å²) in [5.41, 5.74) is 1.96. The number of rotatable bonds is 11. The Balaban J connectivity index is 2.11. The van der Waals surface area contributed by atoms with E-state index in [1.165, 1.54) is 0 Å². The van der Waals surface area contributed by atoms with E-state index in [-0.39, 0.29) is 12.0 Å². The van der Waals surface area contributed by atoms with Crippen LogP contribution >= 0.6 is 0 Å². The van der Waals surface area contributed by atoms with Crippen LogP contribution in [0.15, 0.2) is 30.3 Å². The standard InChI is InChI=1S/C26H35NO7/c1-6-33-20-9-8-18(14-21(20)34-7-2)24(27-12-10-17(11-13-27)26(28)29)19-15-22(30-3)25(32-5)23(16-19)31-4/h8-9,14-17,24H,6-7,10-13H2,1-5H3,(H,28,29). The van der Waals surface area contributed by atoms with Gasteiger partial charge in [0.1, 0.15) is 0 Å². The molecule has 0 saturated carbocycles.